The highest BCUT2D eigenvalue weighted by Gasteiger charge is 2.20. The fourth-order valence-corrected chi connectivity index (χ4v) is 3.08. The first-order valence-corrected chi connectivity index (χ1v) is 9.72. The summed E-state index contributed by atoms with van der Waals surface area (Å²) < 4.78 is 5.93. The van der Waals surface area contributed by atoms with Crippen molar-refractivity contribution in [3.8, 4) is 5.75 Å². The Kier molecular flexibility index (Phi) is 6.45. The largest absolute Gasteiger partial charge is 0.481 e. The van der Waals surface area contributed by atoms with Crippen LogP contribution in [0.2, 0.25) is 0 Å². The Labute approximate surface area is 171 Å². The molecule has 3 rings (SSSR count). The van der Waals surface area contributed by atoms with E-state index in [1.165, 1.54) is 0 Å². The lowest BCUT2D eigenvalue weighted by molar-refractivity contribution is -0.122. The van der Waals surface area contributed by atoms with Gasteiger partial charge in [-0.15, -0.1) is 0 Å². The number of amides is 1. The monoisotopic (exact) mass is 387 g/mol. The van der Waals surface area contributed by atoms with Crippen LogP contribution in [0.4, 0.5) is 5.69 Å². The van der Waals surface area contributed by atoms with E-state index in [0.717, 1.165) is 5.56 Å². The van der Waals surface area contributed by atoms with Gasteiger partial charge < -0.3 is 10.1 Å². The third kappa shape index (κ3) is 4.91. The Balaban J connectivity index is 1.77. The molecule has 0 aliphatic carbocycles. The van der Waals surface area contributed by atoms with E-state index in [1.807, 2.05) is 42.5 Å². The van der Waals surface area contributed by atoms with Crippen LogP contribution in [0.15, 0.2) is 78.9 Å². The first-order valence-electron chi connectivity index (χ1n) is 9.72. The number of nitrogens with one attached hydrogen (secondary N) is 1. The molecule has 1 atom stereocenters. The van der Waals surface area contributed by atoms with Crippen LogP contribution in [-0.2, 0) is 4.79 Å². The predicted molar refractivity (Wildman–Crippen MR) is 116 cm³/mol. The van der Waals surface area contributed by atoms with Crippen LogP contribution in [-0.4, -0.2) is 17.8 Å². The molecule has 0 saturated heterocycles. The lowest BCUT2D eigenvalue weighted by Gasteiger charge is -2.19. The van der Waals surface area contributed by atoms with E-state index < -0.39 is 6.10 Å². The molecule has 4 nitrogen and oxygen atoms in total. The number of benzene rings is 3. The van der Waals surface area contributed by atoms with Crippen molar-refractivity contribution < 1.29 is 14.3 Å². The quantitative estimate of drug-likeness (QED) is 0.549. The number of hydrogen-bond donors (Lipinski definition) is 1. The second-order valence-electron chi connectivity index (χ2n) is 7.18. The zero-order valence-electron chi connectivity index (χ0n) is 16.9. The lowest BCUT2D eigenvalue weighted by atomic mass is 10.0. The molecule has 0 radical (unpaired) electrons. The Hall–Kier alpha value is -3.40. The van der Waals surface area contributed by atoms with E-state index in [9.17, 15) is 9.59 Å². The highest BCUT2D eigenvalue weighted by Crippen LogP contribution is 2.27. The minimum atomic E-state index is -0.713. The Morgan fingerprint density at radius 1 is 0.793 bits per heavy atom. The maximum atomic E-state index is 12.8. The standard InChI is InChI=1S/C25H25NO3/c1-17(2)20-13-8-10-16-23(20)29-18(3)25(28)26-22-15-9-7-14-21(22)24(27)19-11-5-4-6-12-19/h4-18H,1-3H3,(H,26,28). The first-order chi connectivity index (χ1) is 14.0. The van der Waals surface area contributed by atoms with Crippen molar-refractivity contribution in [3.05, 3.63) is 95.6 Å². The van der Waals surface area contributed by atoms with Gasteiger partial charge in [-0.2, -0.15) is 0 Å². The summed E-state index contributed by atoms with van der Waals surface area (Å²) in [6, 6.07) is 23.7. The summed E-state index contributed by atoms with van der Waals surface area (Å²) in [4.78, 5) is 25.6. The average molecular weight is 387 g/mol. The van der Waals surface area contributed by atoms with Gasteiger partial charge in [0.05, 0.1) is 5.69 Å². The zero-order chi connectivity index (χ0) is 20.8. The van der Waals surface area contributed by atoms with Crippen LogP contribution in [0.25, 0.3) is 0 Å². The van der Waals surface area contributed by atoms with Gasteiger partial charge in [0, 0.05) is 11.1 Å². The second-order valence-corrected chi connectivity index (χ2v) is 7.18. The van der Waals surface area contributed by atoms with Gasteiger partial charge >= 0.3 is 0 Å². The van der Waals surface area contributed by atoms with E-state index in [1.54, 1.807) is 43.3 Å². The lowest BCUT2D eigenvalue weighted by Crippen LogP contribution is -2.31. The van der Waals surface area contributed by atoms with Crippen LogP contribution in [0.5, 0.6) is 5.75 Å². The van der Waals surface area contributed by atoms with E-state index in [0.29, 0.717) is 22.6 Å². The summed E-state index contributed by atoms with van der Waals surface area (Å²) in [6.07, 6.45) is -0.713. The van der Waals surface area contributed by atoms with Crippen molar-refractivity contribution in [2.24, 2.45) is 0 Å². The number of rotatable bonds is 7. The molecule has 4 heteroatoms. The molecule has 0 aliphatic rings. The fraction of sp³-hybridized carbons (Fsp3) is 0.200. The number of carbonyl (C=O) groups is 2. The van der Waals surface area contributed by atoms with Crippen LogP contribution < -0.4 is 10.1 Å². The van der Waals surface area contributed by atoms with Gasteiger partial charge in [0.2, 0.25) is 0 Å². The van der Waals surface area contributed by atoms with Gasteiger partial charge in [-0.25, -0.2) is 0 Å². The number of carbonyl (C=O) groups excluding carboxylic acids is 2. The van der Waals surface area contributed by atoms with Crippen LogP contribution >= 0.6 is 0 Å². The van der Waals surface area contributed by atoms with Crippen molar-refractivity contribution in [2.75, 3.05) is 5.32 Å². The van der Waals surface area contributed by atoms with Gasteiger partial charge in [0.1, 0.15) is 5.75 Å². The van der Waals surface area contributed by atoms with Crippen molar-refractivity contribution in [2.45, 2.75) is 32.8 Å². The molecule has 148 valence electrons. The summed E-state index contributed by atoms with van der Waals surface area (Å²) in [7, 11) is 0. The first kappa shape index (κ1) is 20.3. The van der Waals surface area contributed by atoms with Gasteiger partial charge in [-0.1, -0.05) is 74.5 Å². The second kappa shape index (κ2) is 9.20. The minimum absolute atomic E-state index is 0.139. The van der Waals surface area contributed by atoms with Gasteiger partial charge in [-0.05, 0) is 36.6 Å². The number of ether oxygens (including phenoxy) is 1. The number of ketones is 1. The van der Waals surface area contributed by atoms with Crippen LogP contribution in [0.3, 0.4) is 0 Å². The summed E-state index contributed by atoms with van der Waals surface area (Å²) in [6.45, 7) is 5.87. The molecule has 0 spiro atoms. The van der Waals surface area contributed by atoms with Crippen molar-refractivity contribution in [1.82, 2.24) is 0 Å². The molecule has 1 N–H and O–H groups in total. The third-order valence-electron chi connectivity index (χ3n) is 4.68. The van der Waals surface area contributed by atoms with E-state index in [2.05, 4.69) is 19.2 Å². The molecule has 0 saturated carbocycles. The van der Waals surface area contributed by atoms with Crippen LogP contribution in [0, 0.1) is 0 Å². The summed E-state index contributed by atoms with van der Waals surface area (Å²) in [5, 5.41) is 2.85. The topological polar surface area (TPSA) is 55.4 Å². The molecule has 0 heterocycles. The fourth-order valence-electron chi connectivity index (χ4n) is 3.08. The van der Waals surface area contributed by atoms with E-state index >= 15 is 0 Å². The molecule has 1 amide bonds. The number of anilines is 1. The number of para-hydroxylation sites is 2. The predicted octanol–water partition coefficient (Wildman–Crippen LogP) is 5.45. The Morgan fingerprint density at radius 2 is 1.41 bits per heavy atom. The van der Waals surface area contributed by atoms with E-state index in [4.69, 9.17) is 4.74 Å². The third-order valence-corrected chi connectivity index (χ3v) is 4.68. The summed E-state index contributed by atoms with van der Waals surface area (Å²) in [5.74, 6) is 0.529. The van der Waals surface area contributed by atoms with Crippen LogP contribution in [0.1, 0.15) is 48.2 Å². The summed E-state index contributed by atoms with van der Waals surface area (Å²) >= 11 is 0. The highest BCUT2D eigenvalue weighted by atomic mass is 16.5. The SMILES string of the molecule is CC(Oc1ccccc1C(C)C)C(=O)Nc1ccccc1C(=O)c1ccccc1. The summed E-state index contributed by atoms with van der Waals surface area (Å²) in [5.41, 5.74) is 2.54. The van der Waals surface area contributed by atoms with E-state index in [-0.39, 0.29) is 17.6 Å². The van der Waals surface area contributed by atoms with Gasteiger partial charge in [0.15, 0.2) is 11.9 Å². The van der Waals surface area contributed by atoms with Gasteiger partial charge in [-0.3, -0.25) is 9.59 Å². The Bertz CT molecular complexity index is 996. The smallest absolute Gasteiger partial charge is 0.265 e. The number of hydrogen-bond acceptors (Lipinski definition) is 3. The van der Waals surface area contributed by atoms with Crippen molar-refractivity contribution >= 4 is 17.4 Å². The highest BCUT2D eigenvalue weighted by molar-refractivity contribution is 6.14. The van der Waals surface area contributed by atoms with Crippen molar-refractivity contribution in [3.63, 3.8) is 0 Å². The molecule has 29 heavy (non-hydrogen) atoms. The molecule has 3 aromatic carbocycles. The molecule has 1 unspecified atom stereocenters. The van der Waals surface area contributed by atoms with Gasteiger partial charge in [0.25, 0.3) is 5.91 Å². The molecule has 0 aliphatic heterocycles. The molecule has 0 bridgehead atoms. The molecular formula is C25H25NO3. The zero-order valence-corrected chi connectivity index (χ0v) is 16.9. The Morgan fingerprint density at radius 3 is 2.14 bits per heavy atom. The minimum Gasteiger partial charge on any atom is -0.481 e. The molecule has 3 aromatic rings. The normalized spacial score (nSPS) is 11.7. The molecule has 0 fully saturated rings. The molecular weight excluding hydrogens is 362 g/mol. The maximum Gasteiger partial charge on any atom is 0.265 e. The maximum absolute atomic E-state index is 12.8. The van der Waals surface area contributed by atoms with Crippen molar-refractivity contribution in [1.29, 1.82) is 0 Å². The average Bonchev–Trinajstić information content (AvgIpc) is 2.74. The molecule has 0 aromatic heterocycles.